The lowest BCUT2D eigenvalue weighted by atomic mass is 9.82. The Labute approximate surface area is 283 Å². The van der Waals surface area contributed by atoms with Crippen LogP contribution in [0.25, 0.3) is 10.2 Å². The van der Waals surface area contributed by atoms with Gasteiger partial charge in [-0.05, 0) is 109 Å². The molecule has 4 aromatic rings. The van der Waals surface area contributed by atoms with Crippen LogP contribution in [0.4, 0.5) is 0 Å². The fourth-order valence-corrected chi connectivity index (χ4v) is 7.24. The SMILES string of the molecule is Cc1ccc(OC(=O)C2CCC(C(=O)Oc3ccc(OC(=O)C4CCC(C(=O)Oc5ccc(C)cc5)CC4)c4sc(C)nc34)CC2)cc1. The Morgan fingerprint density at radius 1 is 0.521 bits per heavy atom. The monoisotopic (exact) mass is 669 g/mol. The molecular formula is C38H39NO8S. The second kappa shape index (κ2) is 14.7. The number of carbonyl (C=O) groups excluding carboxylic acids is 4. The Morgan fingerprint density at radius 2 is 0.875 bits per heavy atom. The van der Waals surface area contributed by atoms with Crippen molar-refractivity contribution in [2.45, 2.75) is 72.1 Å². The normalized spacial score (nSPS) is 20.9. The zero-order chi connectivity index (χ0) is 33.8. The third kappa shape index (κ3) is 7.93. The van der Waals surface area contributed by atoms with Gasteiger partial charge in [-0.25, -0.2) is 4.98 Å². The summed E-state index contributed by atoms with van der Waals surface area (Å²) < 4.78 is 23.4. The lowest BCUT2D eigenvalue weighted by Gasteiger charge is -2.26. The van der Waals surface area contributed by atoms with Gasteiger partial charge in [0.05, 0.1) is 28.7 Å². The van der Waals surface area contributed by atoms with Gasteiger partial charge in [-0.15, -0.1) is 11.3 Å². The third-order valence-corrected chi connectivity index (χ3v) is 10.3. The van der Waals surface area contributed by atoms with E-state index in [0.29, 0.717) is 84.6 Å². The summed E-state index contributed by atoms with van der Waals surface area (Å²) in [5.41, 5.74) is 2.64. The van der Waals surface area contributed by atoms with E-state index in [1.807, 2.05) is 45.0 Å². The fourth-order valence-electron chi connectivity index (χ4n) is 6.35. The Kier molecular flexibility index (Phi) is 10.2. The summed E-state index contributed by atoms with van der Waals surface area (Å²) in [7, 11) is 0. The number of fused-ring (bicyclic) bond motifs is 1. The molecule has 0 aliphatic heterocycles. The number of thiazole rings is 1. The van der Waals surface area contributed by atoms with Gasteiger partial charge in [0.15, 0.2) is 11.5 Å². The number of carbonyl (C=O) groups is 4. The van der Waals surface area contributed by atoms with Crippen LogP contribution in [0.5, 0.6) is 23.0 Å². The van der Waals surface area contributed by atoms with E-state index in [2.05, 4.69) is 4.98 Å². The molecule has 1 heterocycles. The number of benzene rings is 3. The fraction of sp³-hybridized carbons (Fsp3) is 0.395. The molecule has 0 spiro atoms. The van der Waals surface area contributed by atoms with Crippen molar-refractivity contribution in [3.05, 3.63) is 76.8 Å². The van der Waals surface area contributed by atoms with Crippen LogP contribution in [-0.2, 0) is 19.2 Å². The average Bonchev–Trinajstić information content (AvgIpc) is 3.50. The molecular weight excluding hydrogens is 630 g/mol. The van der Waals surface area contributed by atoms with Crippen molar-refractivity contribution in [2.24, 2.45) is 23.7 Å². The molecule has 3 aromatic carbocycles. The first-order valence-electron chi connectivity index (χ1n) is 16.5. The molecule has 2 fully saturated rings. The minimum Gasteiger partial charge on any atom is -0.426 e. The first kappa shape index (κ1) is 33.3. The first-order chi connectivity index (χ1) is 23.1. The van der Waals surface area contributed by atoms with Crippen molar-refractivity contribution >= 4 is 45.4 Å². The van der Waals surface area contributed by atoms with E-state index in [1.165, 1.54) is 11.3 Å². The van der Waals surface area contributed by atoms with Gasteiger partial charge in [-0.2, -0.15) is 0 Å². The molecule has 10 heteroatoms. The van der Waals surface area contributed by atoms with Gasteiger partial charge in [0.25, 0.3) is 0 Å². The van der Waals surface area contributed by atoms with Gasteiger partial charge < -0.3 is 18.9 Å². The van der Waals surface area contributed by atoms with Crippen LogP contribution in [0.2, 0.25) is 0 Å². The summed E-state index contributed by atoms with van der Waals surface area (Å²) in [6, 6.07) is 18.0. The molecule has 2 saturated carbocycles. The maximum Gasteiger partial charge on any atom is 0.314 e. The van der Waals surface area contributed by atoms with Gasteiger partial charge in [-0.1, -0.05) is 35.4 Å². The van der Waals surface area contributed by atoms with Gasteiger partial charge >= 0.3 is 23.9 Å². The van der Waals surface area contributed by atoms with Crippen molar-refractivity contribution < 1.29 is 38.1 Å². The predicted molar refractivity (Wildman–Crippen MR) is 180 cm³/mol. The van der Waals surface area contributed by atoms with Crippen LogP contribution in [-0.4, -0.2) is 28.9 Å². The number of ether oxygens (including phenoxy) is 4. The largest absolute Gasteiger partial charge is 0.426 e. The molecule has 0 bridgehead atoms. The van der Waals surface area contributed by atoms with Crippen molar-refractivity contribution in [3.63, 3.8) is 0 Å². The van der Waals surface area contributed by atoms with E-state index < -0.39 is 0 Å². The summed E-state index contributed by atoms with van der Waals surface area (Å²) in [5, 5.41) is 0.742. The number of hydrogen-bond acceptors (Lipinski definition) is 10. The maximum atomic E-state index is 13.2. The maximum absolute atomic E-state index is 13.2. The molecule has 1 aromatic heterocycles. The van der Waals surface area contributed by atoms with Crippen molar-refractivity contribution in [1.29, 1.82) is 0 Å². The van der Waals surface area contributed by atoms with Gasteiger partial charge in [-0.3, -0.25) is 19.2 Å². The number of esters is 4. The minimum atomic E-state index is -0.366. The Balaban J connectivity index is 1.01. The summed E-state index contributed by atoms with van der Waals surface area (Å²) in [5.74, 6) is -0.741. The third-order valence-electron chi connectivity index (χ3n) is 9.27. The summed E-state index contributed by atoms with van der Waals surface area (Å²) in [4.78, 5) is 56.4. The highest BCUT2D eigenvalue weighted by Gasteiger charge is 2.34. The number of hydrogen-bond donors (Lipinski definition) is 0. The molecule has 2 aliphatic rings. The van der Waals surface area contributed by atoms with E-state index in [4.69, 9.17) is 18.9 Å². The molecule has 250 valence electrons. The Morgan fingerprint density at radius 3 is 1.29 bits per heavy atom. The molecule has 0 N–H and O–H groups in total. The Hall–Kier alpha value is -4.57. The van der Waals surface area contributed by atoms with Crippen LogP contribution >= 0.6 is 11.3 Å². The zero-order valence-electron chi connectivity index (χ0n) is 27.4. The van der Waals surface area contributed by atoms with E-state index in [0.717, 1.165) is 16.1 Å². The smallest absolute Gasteiger partial charge is 0.314 e. The average molecular weight is 670 g/mol. The van der Waals surface area contributed by atoms with Gasteiger partial charge in [0.2, 0.25) is 0 Å². The predicted octanol–water partition coefficient (Wildman–Crippen LogP) is 7.86. The number of aryl methyl sites for hydroxylation is 3. The van der Waals surface area contributed by atoms with E-state index >= 15 is 0 Å². The van der Waals surface area contributed by atoms with Crippen LogP contribution in [0.3, 0.4) is 0 Å². The van der Waals surface area contributed by atoms with Crippen molar-refractivity contribution in [1.82, 2.24) is 4.98 Å². The molecule has 2 aliphatic carbocycles. The van der Waals surface area contributed by atoms with Crippen molar-refractivity contribution in [3.8, 4) is 23.0 Å². The summed E-state index contributed by atoms with van der Waals surface area (Å²) in [6.45, 7) is 5.79. The molecule has 48 heavy (non-hydrogen) atoms. The van der Waals surface area contributed by atoms with Crippen LogP contribution in [0.15, 0.2) is 60.7 Å². The second-order valence-corrected chi connectivity index (χ2v) is 14.1. The van der Waals surface area contributed by atoms with Crippen LogP contribution in [0.1, 0.15) is 67.5 Å². The first-order valence-corrected chi connectivity index (χ1v) is 17.3. The summed E-state index contributed by atoms with van der Waals surface area (Å²) >= 11 is 1.36. The van der Waals surface area contributed by atoms with Crippen molar-refractivity contribution in [2.75, 3.05) is 0 Å². The van der Waals surface area contributed by atoms with E-state index in [1.54, 1.807) is 36.4 Å². The molecule has 0 radical (unpaired) electrons. The molecule has 6 rings (SSSR count). The second-order valence-electron chi connectivity index (χ2n) is 12.9. The lowest BCUT2D eigenvalue weighted by Crippen LogP contribution is -2.30. The standard InChI is InChI=1S/C38H39NO8S/c1-22-4-16-29(17-5-22)44-35(40)25-8-12-27(13-9-25)37(42)46-31-20-21-32(34-33(31)39-24(3)48-34)47-38(43)28-14-10-26(11-15-28)36(41)45-30-18-6-23(2)7-19-30/h4-7,16-21,25-28H,8-15H2,1-3H3. The molecule has 0 atom stereocenters. The van der Waals surface area contributed by atoms with Crippen LogP contribution in [0, 0.1) is 44.4 Å². The molecule has 0 saturated heterocycles. The number of nitrogens with zero attached hydrogens (tertiary/aromatic N) is 1. The highest BCUT2D eigenvalue weighted by Crippen LogP contribution is 2.40. The van der Waals surface area contributed by atoms with Gasteiger partial charge in [0, 0.05) is 0 Å². The zero-order valence-corrected chi connectivity index (χ0v) is 28.2. The topological polar surface area (TPSA) is 118 Å². The number of aromatic nitrogens is 1. The molecule has 0 unspecified atom stereocenters. The quantitative estimate of drug-likeness (QED) is 0.136. The van der Waals surface area contributed by atoms with E-state index in [9.17, 15) is 19.2 Å². The highest BCUT2D eigenvalue weighted by molar-refractivity contribution is 7.19. The number of rotatable bonds is 8. The minimum absolute atomic E-state index is 0.261. The Bertz CT molecular complexity index is 1670. The summed E-state index contributed by atoms with van der Waals surface area (Å²) in [6.07, 6.45) is 4.27. The highest BCUT2D eigenvalue weighted by atomic mass is 32.1. The van der Waals surface area contributed by atoms with E-state index in [-0.39, 0.29) is 47.5 Å². The van der Waals surface area contributed by atoms with Crippen LogP contribution < -0.4 is 18.9 Å². The molecule has 9 nitrogen and oxygen atoms in total. The lowest BCUT2D eigenvalue weighted by molar-refractivity contribution is -0.145. The van der Waals surface area contributed by atoms with Gasteiger partial charge in [0.1, 0.15) is 21.7 Å². The molecule has 0 amide bonds.